The molecule has 0 aromatic carbocycles. The fraction of sp³-hybridized carbons (Fsp3) is 0.912. The molecule has 278 valence electrons. The minimum absolute atomic E-state index is 0.340. The SMILES string of the molecule is CCCCCCCC/C=C\CCCCCCCCCCCC(=O)O.OC[C@H]1O[C@@H](O[C@H]2[C@H](O)[C@@H](O)C(O)O[C@@H]2CO)[C@H](O)[C@@H](O)[C@H]1O. The van der Waals surface area contributed by atoms with Gasteiger partial charge in [0.15, 0.2) is 12.6 Å². The highest BCUT2D eigenvalue weighted by Gasteiger charge is 2.50. The van der Waals surface area contributed by atoms with Gasteiger partial charge in [0.05, 0.1) is 13.2 Å². The van der Waals surface area contributed by atoms with E-state index in [9.17, 15) is 40.5 Å². The molecule has 0 aliphatic carbocycles. The molecular weight excluding hydrogens is 616 g/mol. The van der Waals surface area contributed by atoms with Crippen LogP contribution in [0.3, 0.4) is 0 Å². The number of hydrogen-bond acceptors (Lipinski definition) is 12. The lowest BCUT2D eigenvalue weighted by atomic mass is 9.97. The molecule has 9 N–H and O–H groups in total. The van der Waals surface area contributed by atoms with Crippen molar-refractivity contribution in [3.05, 3.63) is 12.2 Å². The topological polar surface area (TPSA) is 227 Å². The number of unbranched alkanes of at least 4 members (excludes halogenated alkanes) is 15. The lowest BCUT2D eigenvalue weighted by Crippen LogP contribution is -2.64. The Balaban J connectivity index is 0.000000470. The molecule has 2 rings (SSSR count). The minimum atomic E-state index is -1.74. The van der Waals surface area contributed by atoms with Crippen molar-refractivity contribution in [2.45, 2.75) is 184 Å². The van der Waals surface area contributed by atoms with Crippen molar-refractivity contribution >= 4 is 5.97 Å². The normalized spacial score (nSPS) is 31.1. The highest BCUT2D eigenvalue weighted by Crippen LogP contribution is 2.28. The molecule has 0 bridgehead atoms. The van der Waals surface area contributed by atoms with Crippen molar-refractivity contribution < 1.29 is 65.0 Å². The third-order valence-electron chi connectivity index (χ3n) is 8.63. The molecule has 2 heterocycles. The molecule has 10 atom stereocenters. The number of carboxylic acid groups (broad SMARTS) is 1. The lowest BCUT2D eigenvalue weighted by Gasteiger charge is -2.45. The molecule has 0 aromatic rings. The van der Waals surface area contributed by atoms with E-state index in [1.165, 1.54) is 96.3 Å². The summed E-state index contributed by atoms with van der Waals surface area (Å²) in [7, 11) is 0. The summed E-state index contributed by atoms with van der Waals surface area (Å²) in [5.74, 6) is -0.656. The Morgan fingerprint density at radius 1 is 0.596 bits per heavy atom. The lowest BCUT2D eigenvalue weighted by molar-refractivity contribution is -0.355. The molecule has 2 aliphatic rings. The van der Waals surface area contributed by atoms with Gasteiger partial charge in [0, 0.05) is 6.42 Å². The maximum absolute atomic E-state index is 10.4. The fourth-order valence-electron chi connectivity index (χ4n) is 5.62. The van der Waals surface area contributed by atoms with Gasteiger partial charge >= 0.3 is 5.97 Å². The van der Waals surface area contributed by atoms with Gasteiger partial charge in [-0.3, -0.25) is 4.79 Å². The van der Waals surface area contributed by atoms with Crippen LogP contribution in [0, 0.1) is 0 Å². The molecule has 0 spiro atoms. The first-order chi connectivity index (χ1) is 22.6. The van der Waals surface area contributed by atoms with E-state index >= 15 is 0 Å². The quantitative estimate of drug-likeness (QED) is 0.0558. The van der Waals surface area contributed by atoms with Crippen LogP contribution in [0.25, 0.3) is 0 Å². The largest absolute Gasteiger partial charge is 0.481 e. The van der Waals surface area contributed by atoms with Crippen LogP contribution < -0.4 is 0 Å². The minimum Gasteiger partial charge on any atom is -0.481 e. The fourth-order valence-corrected chi connectivity index (χ4v) is 5.62. The van der Waals surface area contributed by atoms with Crippen LogP contribution in [0.15, 0.2) is 12.2 Å². The van der Waals surface area contributed by atoms with Crippen molar-refractivity contribution in [2.24, 2.45) is 0 Å². The number of hydrogen-bond donors (Lipinski definition) is 9. The van der Waals surface area contributed by atoms with E-state index in [0.717, 1.165) is 12.8 Å². The summed E-state index contributed by atoms with van der Waals surface area (Å²) in [6.45, 7) is 0.927. The molecule has 0 saturated carbocycles. The molecule has 2 fully saturated rings. The number of carbonyl (C=O) groups is 1. The van der Waals surface area contributed by atoms with Gasteiger partial charge in [0.25, 0.3) is 0 Å². The van der Waals surface area contributed by atoms with Gasteiger partial charge in [0.1, 0.15) is 48.8 Å². The Bertz CT molecular complexity index is 796. The smallest absolute Gasteiger partial charge is 0.303 e. The number of allylic oxidation sites excluding steroid dienone is 2. The van der Waals surface area contributed by atoms with Gasteiger partial charge in [-0.1, -0.05) is 96.1 Å². The van der Waals surface area contributed by atoms with E-state index in [4.69, 9.17) is 24.4 Å². The zero-order chi connectivity index (χ0) is 35.0. The Morgan fingerprint density at radius 3 is 1.57 bits per heavy atom. The Morgan fingerprint density at radius 2 is 1.09 bits per heavy atom. The van der Waals surface area contributed by atoms with Gasteiger partial charge in [0.2, 0.25) is 0 Å². The van der Waals surface area contributed by atoms with E-state index in [0.29, 0.717) is 6.42 Å². The zero-order valence-electron chi connectivity index (χ0n) is 28.2. The second-order valence-corrected chi connectivity index (χ2v) is 12.7. The summed E-state index contributed by atoms with van der Waals surface area (Å²) in [5, 5.41) is 85.0. The van der Waals surface area contributed by atoms with E-state index in [1.807, 2.05) is 0 Å². The first-order valence-electron chi connectivity index (χ1n) is 17.7. The van der Waals surface area contributed by atoms with E-state index < -0.39 is 80.6 Å². The molecule has 0 amide bonds. The second kappa shape index (κ2) is 26.6. The monoisotopic (exact) mass is 680 g/mol. The maximum atomic E-state index is 10.4. The predicted octanol–water partition coefficient (Wildman–Crippen LogP) is 2.27. The van der Waals surface area contributed by atoms with Crippen LogP contribution in [-0.4, -0.2) is 127 Å². The molecule has 1 unspecified atom stereocenters. The maximum Gasteiger partial charge on any atom is 0.303 e. The van der Waals surface area contributed by atoms with Crippen molar-refractivity contribution in [2.75, 3.05) is 13.2 Å². The average molecular weight is 681 g/mol. The molecule has 2 saturated heterocycles. The Hall–Kier alpha value is -1.23. The molecule has 2 aliphatic heterocycles. The summed E-state index contributed by atoms with van der Waals surface area (Å²) in [4.78, 5) is 10.4. The van der Waals surface area contributed by atoms with Crippen LogP contribution in [0.5, 0.6) is 0 Å². The van der Waals surface area contributed by atoms with Crippen LogP contribution in [0.2, 0.25) is 0 Å². The van der Waals surface area contributed by atoms with E-state index in [-0.39, 0.29) is 0 Å². The second-order valence-electron chi connectivity index (χ2n) is 12.7. The van der Waals surface area contributed by atoms with Gasteiger partial charge in [-0.15, -0.1) is 0 Å². The number of rotatable bonds is 23. The standard InChI is InChI=1S/C22H42O2.C12H22O11/c1-2-3-4-5-6-7-8-9-10-11-12-13-14-15-16-17-18-19-20-21-22(23)24;13-1-3-5(15)6(16)9(19)12(22-3)23-10-4(2-14)21-11(20)8(18)7(10)17/h9-10H,2-8,11-21H2,1H3,(H,23,24);3-20H,1-2H2/b10-9-;/t;3-,4-,5+,6+,7-,8-,9-,10-,11?,12+/m.1/s1. The zero-order valence-corrected chi connectivity index (χ0v) is 28.2. The van der Waals surface area contributed by atoms with Crippen molar-refractivity contribution in [3.8, 4) is 0 Å². The van der Waals surface area contributed by atoms with Gasteiger partial charge in [-0.25, -0.2) is 0 Å². The number of aliphatic hydroxyl groups excluding tert-OH is 8. The van der Waals surface area contributed by atoms with Crippen LogP contribution in [-0.2, 0) is 19.0 Å². The summed E-state index contributed by atoms with van der Waals surface area (Å²) in [5.41, 5.74) is 0. The van der Waals surface area contributed by atoms with Crippen LogP contribution >= 0.6 is 0 Å². The number of aliphatic carboxylic acids is 1. The molecule has 13 heteroatoms. The summed E-state index contributed by atoms with van der Waals surface area (Å²) in [6.07, 6.45) is 11.6. The Kier molecular flexibility index (Phi) is 24.8. The number of aliphatic hydroxyl groups is 8. The Labute approximate surface area is 280 Å². The summed E-state index contributed by atoms with van der Waals surface area (Å²) >= 11 is 0. The molecule has 47 heavy (non-hydrogen) atoms. The van der Waals surface area contributed by atoms with Crippen LogP contribution in [0.4, 0.5) is 0 Å². The number of carboxylic acids is 1. The highest BCUT2D eigenvalue weighted by atomic mass is 16.7. The summed E-state index contributed by atoms with van der Waals surface area (Å²) < 4.78 is 15.3. The van der Waals surface area contributed by atoms with Crippen molar-refractivity contribution in [1.82, 2.24) is 0 Å². The van der Waals surface area contributed by atoms with Gasteiger partial charge in [-0.2, -0.15) is 0 Å². The van der Waals surface area contributed by atoms with E-state index in [2.05, 4.69) is 19.1 Å². The third kappa shape index (κ3) is 17.8. The highest BCUT2D eigenvalue weighted by molar-refractivity contribution is 5.66. The number of ether oxygens (including phenoxy) is 3. The van der Waals surface area contributed by atoms with Gasteiger partial charge < -0.3 is 60.2 Å². The predicted molar refractivity (Wildman–Crippen MR) is 174 cm³/mol. The molecule has 0 radical (unpaired) electrons. The molecular formula is C34H64O13. The van der Waals surface area contributed by atoms with E-state index in [1.54, 1.807) is 0 Å². The van der Waals surface area contributed by atoms with Crippen molar-refractivity contribution in [3.63, 3.8) is 0 Å². The van der Waals surface area contributed by atoms with Gasteiger partial charge in [-0.05, 0) is 32.1 Å². The summed E-state index contributed by atoms with van der Waals surface area (Å²) in [6, 6.07) is 0. The van der Waals surface area contributed by atoms with Crippen LogP contribution in [0.1, 0.15) is 122 Å². The molecule has 0 aromatic heterocycles. The molecule has 13 nitrogen and oxygen atoms in total. The van der Waals surface area contributed by atoms with Crippen molar-refractivity contribution in [1.29, 1.82) is 0 Å². The first kappa shape index (κ1) is 43.8. The third-order valence-corrected chi connectivity index (χ3v) is 8.63. The average Bonchev–Trinajstić information content (AvgIpc) is 3.06. The first-order valence-corrected chi connectivity index (χ1v) is 17.7.